The average Bonchev–Trinajstić information content (AvgIpc) is 1.94. The van der Waals surface area contributed by atoms with Gasteiger partial charge in [-0.05, 0) is 0 Å². The number of ketones is 2. The summed E-state index contributed by atoms with van der Waals surface area (Å²) in [4.78, 5) is 21.7. The summed E-state index contributed by atoms with van der Waals surface area (Å²) in [6.07, 6.45) is -5.32. The lowest BCUT2D eigenvalue weighted by molar-refractivity contribution is -0.195. The molecular formula is C8H9F3O2. The molecule has 1 aliphatic rings. The highest BCUT2D eigenvalue weighted by Crippen LogP contribution is 2.38. The van der Waals surface area contributed by atoms with Crippen LogP contribution in [0.5, 0.6) is 0 Å². The van der Waals surface area contributed by atoms with E-state index in [1.165, 1.54) is 6.92 Å². The molecule has 0 radical (unpaired) electrons. The lowest BCUT2D eigenvalue weighted by atomic mass is 9.78. The first-order chi connectivity index (χ1) is 5.82. The Kier molecular flexibility index (Phi) is 2.45. The van der Waals surface area contributed by atoms with Gasteiger partial charge in [-0.1, -0.05) is 6.92 Å². The van der Waals surface area contributed by atoms with Crippen LogP contribution < -0.4 is 0 Å². The lowest BCUT2D eigenvalue weighted by Gasteiger charge is -2.28. The van der Waals surface area contributed by atoms with Gasteiger partial charge < -0.3 is 0 Å². The number of carbonyl (C=O) groups excluding carboxylic acids is 2. The van der Waals surface area contributed by atoms with E-state index in [2.05, 4.69) is 0 Å². The third-order valence-corrected chi connectivity index (χ3v) is 2.35. The molecule has 0 aromatic rings. The Hall–Kier alpha value is -0.870. The zero-order valence-corrected chi connectivity index (χ0v) is 7.02. The molecule has 2 atom stereocenters. The highest BCUT2D eigenvalue weighted by molar-refractivity contribution is 6.02. The molecule has 0 bridgehead atoms. The van der Waals surface area contributed by atoms with Crippen LogP contribution in [0.2, 0.25) is 0 Å². The number of hydrogen-bond acceptors (Lipinski definition) is 2. The van der Waals surface area contributed by atoms with Crippen molar-refractivity contribution in [1.29, 1.82) is 0 Å². The van der Waals surface area contributed by atoms with Gasteiger partial charge >= 0.3 is 6.18 Å². The molecule has 1 rings (SSSR count). The van der Waals surface area contributed by atoms with Gasteiger partial charge in [-0.25, -0.2) is 0 Å². The number of alkyl halides is 3. The maximum Gasteiger partial charge on any atom is 0.392 e. The van der Waals surface area contributed by atoms with E-state index in [0.29, 0.717) is 0 Å². The topological polar surface area (TPSA) is 34.1 Å². The molecule has 2 unspecified atom stereocenters. The minimum atomic E-state index is -4.44. The summed E-state index contributed by atoms with van der Waals surface area (Å²) >= 11 is 0. The number of hydrogen-bond donors (Lipinski definition) is 0. The number of rotatable bonds is 0. The normalized spacial score (nSPS) is 30.8. The van der Waals surface area contributed by atoms with Crippen LogP contribution in [0.3, 0.4) is 0 Å². The summed E-state index contributed by atoms with van der Waals surface area (Å²) in [5.74, 6) is -4.05. The Morgan fingerprint density at radius 1 is 1.31 bits per heavy atom. The predicted octanol–water partition coefficient (Wildman–Crippen LogP) is 1.73. The van der Waals surface area contributed by atoms with E-state index in [9.17, 15) is 22.8 Å². The third kappa shape index (κ3) is 2.08. The van der Waals surface area contributed by atoms with Gasteiger partial charge in [-0.3, -0.25) is 9.59 Å². The molecule has 1 saturated carbocycles. The van der Waals surface area contributed by atoms with Crippen LogP contribution in [-0.4, -0.2) is 17.7 Å². The smallest absolute Gasteiger partial charge is 0.299 e. The summed E-state index contributed by atoms with van der Waals surface area (Å²) in [5, 5.41) is 0. The van der Waals surface area contributed by atoms with Gasteiger partial charge in [0.2, 0.25) is 0 Å². The van der Waals surface area contributed by atoms with Crippen molar-refractivity contribution in [2.24, 2.45) is 11.8 Å². The van der Waals surface area contributed by atoms with Gasteiger partial charge in [0.15, 0.2) is 0 Å². The van der Waals surface area contributed by atoms with Crippen LogP contribution in [0.4, 0.5) is 13.2 Å². The maximum absolute atomic E-state index is 12.2. The van der Waals surface area contributed by atoms with Crippen LogP contribution in [0.25, 0.3) is 0 Å². The quantitative estimate of drug-likeness (QED) is 0.550. The number of carbonyl (C=O) groups is 2. The fourth-order valence-electron chi connectivity index (χ4n) is 1.47. The zero-order valence-electron chi connectivity index (χ0n) is 7.02. The van der Waals surface area contributed by atoms with Crippen molar-refractivity contribution in [2.45, 2.75) is 25.9 Å². The van der Waals surface area contributed by atoms with Crippen LogP contribution in [0.15, 0.2) is 0 Å². The van der Waals surface area contributed by atoms with E-state index < -0.39 is 36.0 Å². The minimum absolute atomic E-state index is 0.340. The Balaban J connectivity index is 2.84. The fraction of sp³-hybridized carbons (Fsp3) is 0.750. The van der Waals surface area contributed by atoms with Crippen molar-refractivity contribution in [3.63, 3.8) is 0 Å². The summed E-state index contributed by atoms with van der Waals surface area (Å²) in [5.41, 5.74) is 0. The summed E-state index contributed by atoms with van der Waals surface area (Å²) in [6.45, 7) is 1.23. The Morgan fingerprint density at radius 2 is 1.85 bits per heavy atom. The van der Waals surface area contributed by atoms with E-state index >= 15 is 0 Å². The second-order valence-corrected chi connectivity index (χ2v) is 3.32. The molecule has 0 N–H and O–H groups in total. The molecule has 2 nitrogen and oxygen atoms in total. The number of Topliss-reactive ketones (excluding diaryl/α,β-unsaturated/α-hetero) is 2. The Morgan fingerprint density at radius 3 is 2.31 bits per heavy atom. The largest absolute Gasteiger partial charge is 0.392 e. The molecule has 1 fully saturated rings. The maximum atomic E-state index is 12.2. The standard InChI is InChI=1S/C8H9F3O2/c1-4-6(8(9,10)11)2-5(12)3-7(4)13/h4,6H,2-3H2,1H3. The highest BCUT2D eigenvalue weighted by atomic mass is 19.4. The second-order valence-electron chi connectivity index (χ2n) is 3.32. The van der Waals surface area contributed by atoms with Crippen molar-refractivity contribution in [2.75, 3.05) is 0 Å². The molecule has 5 heteroatoms. The van der Waals surface area contributed by atoms with E-state index in [1.807, 2.05) is 0 Å². The molecule has 0 heterocycles. The SMILES string of the molecule is CC1C(=O)CC(=O)CC1C(F)(F)F. The molecule has 0 aliphatic heterocycles. The molecule has 0 saturated heterocycles. The van der Waals surface area contributed by atoms with Crippen LogP contribution >= 0.6 is 0 Å². The van der Waals surface area contributed by atoms with Crippen molar-refractivity contribution in [3.05, 3.63) is 0 Å². The van der Waals surface area contributed by atoms with Crippen molar-refractivity contribution < 1.29 is 22.8 Å². The van der Waals surface area contributed by atoms with Crippen molar-refractivity contribution in [3.8, 4) is 0 Å². The molecule has 0 amide bonds. The third-order valence-electron chi connectivity index (χ3n) is 2.35. The van der Waals surface area contributed by atoms with E-state index in [1.54, 1.807) is 0 Å². The summed E-state index contributed by atoms with van der Waals surface area (Å²) in [6, 6.07) is 0. The molecule has 0 aromatic carbocycles. The average molecular weight is 194 g/mol. The summed E-state index contributed by atoms with van der Waals surface area (Å²) < 4.78 is 36.7. The minimum Gasteiger partial charge on any atom is -0.299 e. The van der Waals surface area contributed by atoms with E-state index in [0.717, 1.165) is 0 Å². The van der Waals surface area contributed by atoms with Gasteiger partial charge in [0.05, 0.1) is 12.3 Å². The number of halogens is 3. The Bertz CT molecular complexity index is 244. The summed E-state index contributed by atoms with van der Waals surface area (Å²) in [7, 11) is 0. The van der Waals surface area contributed by atoms with Gasteiger partial charge in [0, 0.05) is 12.3 Å². The first-order valence-corrected chi connectivity index (χ1v) is 3.93. The lowest BCUT2D eigenvalue weighted by Crippen LogP contribution is -2.39. The molecule has 0 spiro atoms. The van der Waals surface area contributed by atoms with Gasteiger partial charge in [-0.2, -0.15) is 13.2 Å². The Labute approximate surface area is 73.1 Å². The van der Waals surface area contributed by atoms with Crippen molar-refractivity contribution >= 4 is 11.6 Å². The van der Waals surface area contributed by atoms with Gasteiger partial charge in [-0.15, -0.1) is 0 Å². The molecule has 13 heavy (non-hydrogen) atoms. The molecular weight excluding hydrogens is 185 g/mol. The molecule has 74 valence electrons. The van der Waals surface area contributed by atoms with Gasteiger partial charge in [0.1, 0.15) is 11.6 Å². The van der Waals surface area contributed by atoms with Crippen LogP contribution in [0.1, 0.15) is 19.8 Å². The zero-order chi connectivity index (χ0) is 10.2. The molecule has 1 aliphatic carbocycles. The monoisotopic (exact) mass is 194 g/mol. The second kappa shape index (κ2) is 3.12. The van der Waals surface area contributed by atoms with E-state index in [4.69, 9.17) is 0 Å². The van der Waals surface area contributed by atoms with Crippen LogP contribution in [-0.2, 0) is 9.59 Å². The first kappa shape index (κ1) is 10.2. The molecule has 0 aromatic heterocycles. The van der Waals surface area contributed by atoms with Gasteiger partial charge in [0.25, 0.3) is 0 Å². The van der Waals surface area contributed by atoms with Crippen LogP contribution in [0, 0.1) is 11.8 Å². The highest BCUT2D eigenvalue weighted by Gasteiger charge is 2.48. The fourth-order valence-corrected chi connectivity index (χ4v) is 1.47. The predicted molar refractivity (Wildman–Crippen MR) is 38.0 cm³/mol. The van der Waals surface area contributed by atoms with E-state index in [-0.39, 0.29) is 6.42 Å². The van der Waals surface area contributed by atoms with Crippen molar-refractivity contribution in [1.82, 2.24) is 0 Å². The first-order valence-electron chi connectivity index (χ1n) is 3.93.